The lowest BCUT2D eigenvalue weighted by molar-refractivity contribution is 0.730. The fourth-order valence-electron chi connectivity index (χ4n) is 2.17. The van der Waals surface area contributed by atoms with Crippen molar-refractivity contribution in [1.29, 1.82) is 0 Å². The number of fused-ring (bicyclic) bond motifs is 1. The van der Waals surface area contributed by atoms with Gasteiger partial charge in [-0.25, -0.2) is 4.52 Å². The maximum absolute atomic E-state index is 5.93. The third-order valence-electron chi connectivity index (χ3n) is 3.38. The van der Waals surface area contributed by atoms with Crippen molar-refractivity contribution in [2.45, 2.75) is 20.4 Å². The van der Waals surface area contributed by atoms with E-state index >= 15 is 0 Å². The summed E-state index contributed by atoms with van der Waals surface area (Å²) in [5, 5.41) is 12.6. The van der Waals surface area contributed by atoms with E-state index in [-0.39, 0.29) is 0 Å². The number of hydrogen-bond acceptors (Lipinski definition) is 4. The van der Waals surface area contributed by atoms with Crippen LogP contribution >= 0.6 is 11.6 Å². The van der Waals surface area contributed by atoms with Crippen molar-refractivity contribution in [3.63, 3.8) is 0 Å². The predicted molar refractivity (Wildman–Crippen MR) is 78.0 cm³/mol. The topological polar surface area (TPSA) is 60.0 Å². The molecule has 0 aliphatic rings. The normalized spacial score (nSPS) is 11.2. The highest BCUT2D eigenvalue weighted by Gasteiger charge is 2.10. The fraction of sp³-hybridized carbons (Fsp3) is 0.308. The zero-order valence-corrected chi connectivity index (χ0v) is 12.3. The zero-order valence-electron chi connectivity index (χ0n) is 11.6. The molecule has 3 aromatic rings. The SMILES string of the molecule is Cc1nn(C)c(C)c1CNc1nc2ccc(Cl)cn2n1. The van der Waals surface area contributed by atoms with Gasteiger partial charge in [-0.15, -0.1) is 5.10 Å². The molecule has 0 amide bonds. The number of hydrogen-bond donors (Lipinski definition) is 1. The molecule has 6 nitrogen and oxygen atoms in total. The monoisotopic (exact) mass is 290 g/mol. The van der Waals surface area contributed by atoms with Crippen LogP contribution in [0.15, 0.2) is 18.3 Å². The molecule has 7 heteroatoms. The van der Waals surface area contributed by atoms with Gasteiger partial charge in [-0.05, 0) is 26.0 Å². The molecule has 0 atom stereocenters. The summed E-state index contributed by atoms with van der Waals surface area (Å²) in [6, 6.07) is 3.63. The van der Waals surface area contributed by atoms with Crippen LogP contribution in [0.5, 0.6) is 0 Å². The Morgan fingerprint density at radius 3 is 2.75 bits per heavy atom. The number of nitrogens with one attached hydrogen (secondary N) is 1. The molecule has 3 aromatic heterocycles. The molecule has 0 fully saturated rings. The number of anilines is 1. The average molecular weight is 291 g/mol. The number of aryl methyl sites for hydroxylation is 2. The Hall–Kier alpha value is -2.08. The Bertz CT molecular complexity index is 773. The van der Waals surface area contributed by atoms with Crippen LogP contribution in [0.3, 0.4) is 0 Å². The lowest BCUT2D eigenvalue weighted by Crippen LogP contribution is -2.03. The van der Waals surface area contributed by atoms with Crippen LogP contribution in [0.25, 0.3) is 5.65 Å². The van der Waals surface area contributed by atoms with E-state index in [1.165, 1.54) is 5.56 Å². The Morgan fingerprint density at radius 2 is 2.05 bits per heavy atom. The van der Waals surface area contributed by atoms with E-state index in [1.807, 2.05) is 31.6 Å². The summed E-state index contributed by atoms with van der Waals surface area (Å²) in [5.41, 5.74) is 4.09. The smallest absolute Gasteiger partial charge is 0.243 e. The van der Waals surface area contributed by atoms with Crippen LogP contribution in [0.1, 0.15) is 17.0 Å². The summed E-state index contributed by atoms with van der Waals surface area (Å²) in [4.78, 5) is 4.39. The van der Waals surface area contributed by atoms with Crippen LogP contribution in [-0.4, -0.2) is 24.4 Å². The number of halogens is 1. The van der Waals surface area contributed by atoms with Gasteiger partial charge in [-0.1, -0.05) is 11.6 Å². The van der Waals surface area contributed by atoms with Gasteiger partial charge in [0, 0.05) is 31.0 Å². The second kappa shape index (κ2) is 4.79. The van der Waals surface area contributed by atoms with Gasteiger partial charge in [-0.3, -0.25) is 4.68 Å². The Kier molecular flexibility index (Phi) is 3.10. The second-order valence-electron chi connectivity index (χ2n) is 4.71. The van der Waals surface area contributed by atoms with E-state index in [0.29, 0.717) is 17.5 Å². The first-order chi connectivity index (χ1) is 9.54. The highest BCUT2D eigenvalue weighted by atomic mass is 35.5. The molecule has 0 radical (unpaired) electrons. The molecule has 0 saturated heterocycles. The zero-order chi connectivity index (χ0) is 14.3. The van der Waals surface area contributed by atoms with Crippen molar-refractivity contribution < 1.29 is 0 Å². The first kappa shape index (κ1) is 12.9. The van der Waals surface area contributed by atoms with Crippen LogP contribution in [0.4, 0.5) is 5.95 Å². The van der Waals surface area contributed by atoms with E-state index in [9.17, 15) is 0 Å². The third kappa shape index (κ3) is 2.22. The largest absolute Gasteiger partial charge is 0.349 e. The summed E-state index contributed by atoms with van der Waals surface area (Å²) >= 11 is 5.93. The van der Waals surface area contributed by atoms with Crippen molar-refractivity contribution in [3.05, 3.63) is 40.3 Å². The molecule has 20 heavy (non-hydrogen) atoms. The molecule has 1 N–H and O–H groups in total. The molecule has 3 rings (SSSR count). The Balaban J connectivity index is 1.83. The first-order valence-electron chi connectivity index (χ1n) is 6.29. The van der Waals surface area contributed by atoms with E-state index in [2.05, 4.69) is 20.5 Å². The molecular weight excluding hydrogens is 276 g/mol. The number of rotatable bonds is 3. The number of nitrogens with zero attached hydrogens (tertiary/aromatic N) is 5. The molecule has 0 aromatic carbocycles. The minimum Gasteiger partial charge on any atom is -0.349 e. The molecule has 104 valence electrons. The summed E-state index contributed by atoms with van der Waals surface area (Å²) in [6.07, 6.45) is 1.73. The van der Waals surface area contributed by atoms with E-state index in [4.69, 9.17) is 11.6 Å². The summed E-state index contributed by atoms with van der Waals surface area (Å²) < 4.78 is 3.54. The van der Waals surface area contributed by atoms with E-state index in [0.717, 1.165) is 17.0 Å². The standard InChI is InChI=1S/C13H15ClN6/c1-8-11(9(2)19(3)17-8)6-15-13-16-12-5-4-10(14)7-20(12)18-13/h4-5,7H,6H2,1-3H3,(H,15,18). The molecule has 0 aliphatic carbocycles. The van der Waals surface area contributed by atoms with E-state index in [1.54, 1.807) is 16.8 Å². The van der Waals surface area contributed by atoms with Crippen molar-refractivity contribution in [3.8, 4) is 0 Å². The Labute approximate surface area is 121 Å². The summed E-state index contributed by atoms with van der Waals surface area (Å²) in [5.74, 6) is 0.579. The highest BCUT2D eigenvalue weighted by Crippen LogP contribution is 2.15. The molecule has 3 heterocycles. The van der Waals surface area contributed by atoms with Gasteiger partial charge in [0.25, 0.3) is 0 Å². The van der Waals surface area contributed by atoms with Crippen LogP contribution in [0, 0.1) is 13.8 Å². The van der Waals surface area contributed by atoms with Gasteiger partial charge in [-0.2, -0.15) is 10.1 Å². The molecule has 0 aliphatic heterocycles. The van der Waals surface area contributed by atoms with Crippen molar-refractivity contribution in [2.24, 2.45) is 7.05 Å². The lowest BCUT2D eigenvalue weighted by atomic mass is 10.2. The number of pyridine rings is 1. The first-order valence-corrected chi connectivity index (χ1v) is 6.67. The summed E-state index contributed by atoms with van der Waals surface area (Å²) in [7, 11) is 1.94. The minimum atomic E-state index is 0.579. The molecule has 0 saturated carbocycles. The van der Waals surface area contributed by atoms with Crippen LogP contribution < -0.4 is 5.32 Å². The van der Waals surface area contributed by atoms with Crippen molar-refractivity contribution in [1.82, 2.24) is 24.4 Å². The maximum Gasteiger partial charge on any atom is 0.243 e. The van der Waals surface area contributed by atoms with Gasteiger partial charge in [0.2, 0.25) is 5.95 Å². The highest BCUT2D eigenvalue weighted by molar-refractivity contribution is 6.30. The molecule has 0 unspecified atom stereocenters. The second-order valence-corrected chi connectivity index (χ2v) is 5.15. The predicted octanol–water partition coefficient (Wildman–Crippen LogP) is 2.35. The quantitative estimate of drug-likeness (QED) is 0.804. The van der Waals surface area contributed by atoms with Gasteiger partial charge in [0.05, 0.1) is 10.7 Å². The minimum absolute atomic E-state index is 0.579. The van der Waals surface area contributed by atoms with Gasteiger partial charge in [0.15, 0.2) is 5.65 Å². The maximum atomic E-state index is 5.93. The van der Waals surface area contributed by atoms with Crippen molar-refractivity contribution in [2.75, 3.05) is 5.32 Å². The molecule has 0 bridgehead atoms. The lowest BCUT2D eigenvalue weighted by Gasteiger charge is -2.02. The van der Waals surface area contributed by atoms with Crippen LogP contribution in [-0.2, 0) is 13.6 Å². The van der Waals surface area contributed by atoms with Gasteiger partial charge >= 0.3 is 0 Å². The third-order valence-corrected chi connectivity index (χ3v) is 3.60. The molecular formula is C13H15ClN6. The molecule has 0 spiro atoms. The van der Waals surface area contributed by atoms with E-state index < -0.39 is 0 Å². The fourth-order valence-corrected chi connectivity index (χ4v) is 2.33. The van der Waals surface area contributed by atoms with Crippen LogP contribution in [0.2, 0.25) is 5.02 Å². The van der Waals surface area contributed by atoms with Crippen molar-refractivity contribution >= 4 is 23.2 Å². The number of aromatic nitrogens is 5. The van der Waals surface area contributed by atoms with Gasteiger partial charge in [0.1, 0.15) is 0 Å². The van der Waals surface area contributed by atoms with Gasteiger partial charge < -0.3 is 5.32 Å². The summed E-state index contributed by atoms with van der Waals surface area (Å²) in [6.45, 7) is 4.70. The Morgan fingerprint density at radius 1 is 1.25 bits per heavy atom. The average Bonchev–Trinajstić information content (AvgIpc) is 2.89.